The van der Waals surface area contributed by atoms with E-state index in [2.05, 4.69) is 20.6 Å². The number of thiazole rings is 1. The molecular weight excluding hydrogens is 438 g/mol. The molecule has 0 aliphatic heterocycles. The molecule has 2 aromatic rings. The van der Waals surface area contributed by atoms with E-state index in [0.717, 1.165) is 29.2 Å². The summed E-state index contributed by atoms with van der Waals surface area (Å²) in [5.74, 6) is 0.535. The molecule has 0 spiro atoms. The molecule has 1 aromatic carbocycles. The predicted octanol–water partition coefficient (Wildman–Crippen LogP) is 3.73. The summed E-state index contributed by atoms with van der Waals surface area (Å²) in [6, 6.07) is 5.26. The van der Waals surface area contributed by atoms with Crippen LogP contribution in [-0.2, 0) is 13.0 Å². The maximum absolute atomic E-state index is 13.5. The Balaban J connectivity index is 0.00000288. The van der Waals surface area contributed by atoms with Gasteiger partial charge in [0.1, 0.15) is 5.82 Å². The minimum absolute atomic E-state index is 0. The first kappa shape index (κ1) is 20.8. The summed E-state index contributed by atoms with van der Waals surface area (Å²) in [6.45, 7) is 7.14. The molecule has 1 aromatic heterocycles. The number of nitrogens with zero attached hydrogens (tertiary/aromatic N) is 2. The number of halogens is 2. The third-order valence-electron chi connectivity index (χ3n) is 3.56. The normalized spacial score (nSPS) is 11.1. The summed E-state index contributed by atoms with van der Waals surface area (Å²) in [7, 11) is 1.73. The molecular formula is C17H24FIN4S. The molecule has 0 bridgehead atoms. The molecule has 0 unspecified atom stereocenters. The first-order chi connectivity index (χ1) is 11.0. The number of rotatable bonds is 5. The van der Waals surface area contributed by atoms with Crippen molar-refractivity contribution in [1.82, 2.24) is 15.6 Å². The van der Waals surface area contributed by atoms with Gasteiger partial charge in [-0.3, -0.25) is 4.99 Å². The average molecular weight is 462 g/mol. The second kappa shape index (κ2) is 9.93. The fraction of sp³-hybridized carbons (Fsp3) is 0.412. The number of aliphatic imine (C=N–C) groups is 1. The Labute approximate surface area is 164 Å². The van der Waals surface area contributed by atoms with Crippen molar-refractivity contribution in [1.29, 1.82) is 0 Å². The van der Waals surface area contributed by atoms with Crippen molar-refractivity contribution in [2.24, 2.45) is 4.99 Å². The number of aromatic nitrogens is 1. The lowest BCUT2D eigenvalue weighted by atomic mass is 10.1. The standard InChI is InChI=1S/C17H23FN4S.HI/c1-11-5-6-14(9-15(11)18)10-21-17(19-4)20-8-7-16-12(2)22-13(3)23-16;/h5-6,9H,7-8,10H2,1-4H3,(H2,19,20,21);1H. The fourth-order valence-electron chi connectivity index (χ4n) is 2.25. The van der Waals surface area contributed by atoms with Gasteiger partial charge >= 0.3 is 0 Å². The Kier molecular flexibility index (Phi) is 8.61. The molecule has 0 fully saturated rings. The van der Waals surface area contributed by atoms with Crippen LogP contribution >= 0.6 is 35.3 Å². The molecule has 0 aliphatic rings. The summed E-state index contributed by atoms with van der Waals surface area (Å²) in [5, 5.41) is 7.57. The molecule has 24 heavy (non-hydrogen) atoms. The maximum atomic E-state index is 13.5. The minimum Gasteiger partial charge on any atom is -0.356 e. The van der Waals surface area contributed by atoms with Crippen molar-refractivity contribution in [2.75, 3.05) is 13.6 Å². The number of aryl methyl sites for hydroxylation is 3. The molecule has 1 heterocycles. The van der Waals surface area contributed by atoms with E-state index >= 15 is 0 Å². The number of guanidine groups is 1. The monoisotopic (exact) mass is 462 g/mol. The molecule has 2 rings (SSSR count). The Bertz CT molecular complexity index is 700. The van der Waals surface area contributed by atoms with Crippen molar-refractivity contribution in [3.8, 4) is 0 Å². The van der Waals surface area contributed by atoms with Gasteiger partial charge in [0.2, 0.25) is 0 Å². The van der Waals surface area contributed by atoms with E-state index in [1.807, 2.05) is 19.9 Å². The van der Waals surface area contributed by atoms with Gasteiger partial charge in [0.05, 0.1) is 10.7 Å². The van der Waals surface area contributed by atoms with Gasteiger partial charge in [-0.15, -0.1) is 35.3 Å². The van der Waals surface area contributed by atoms with Gasteiger partial charge < -0.3 is 10.6 Å². The van der Waals surface area contributed by atoms with Crippen LogP contribution in [0, 0.1) is 26.6 Å². The quantitative estimate of drug-likeness (QED) is 0.405. The van der Waals surface area contributed by atoms with Gasteiger partial charge in [-0.05, 0) is 38.0 Å². The number of hydrogen-bond donors (Lipinski definition) is 2. The molecule has 2 N–H and O–H groups in total. The van der Waals surface area contributed by atoms with E-state index in [0.29, 0.717) is 18.1 Å². The van der Waals surface area contributed by atoms with Gasteiger partial charge in [0.25, 0.3) is 0 Å². The topological polar surface area (TPSA) is 49.3 Å². The molecule has 0 aliphatic carbocycles. The number of nitrogens with one attached hydrogen (secondary N) is 2. The van der Waals surface area contributed by atoms with Crippen molar-refractivity contribution >= 4 is 41.3 Å². The maximum Gasteiger partial charge on any atom is 0.191 e. The number of benzene rings is 1. The van der Waals surface area contributed by atoms with Crippen LogP contribution in [0.1, 0.15) is 26.7 Å². The zero-order valence-electron chi connectivity index (χ0n) is 14.4. The molecule has 0 amide bonds. The van der Waals surface area contributed by atoms with Crippen LogP contribution in [-0.4, -0.2) is 24.5 Å². The van der Waals surface area contributed by atoms with Gasteiger partial charge in [-0.1, -0.05) is 12.1 Å². The molecule has 0 radical (unpaired) electrons. The highest BCUT2D eigenvalue weighted by molar-refractivity contribution is 14.0. The zero-order valence-corrected chi connectivity index (χ0v) is 17.6. The lowest BCUT2D eigenvalue weighted by Gasteiger charge is -2.12. The lowest BCUT2D eigenvalue weighted by Crippen LogP contribution is -2.37. The van der Waals surface area contributed by atoms with Gasteiger partial charge in [-0.2, -0.15) is 0 Å². The van der Waals surface area contributed by atoms with E-state index in [-0.39, 0.29) is 29.8 Å². The summed E-state index contributed by atoms with van der Waals surface area (Å²) >= 11 is 1.73. The van der Waals surface area contributed by atoms with Crippen molar-refractivity contribution < 1.29 is 4.39 Å². The Hall–Kier alpha value is -1.22. The van der Waals surface area contributed by atoms with Crippen LogP contribution in [0.25, 0.3) is 0 Å². The van der Waals surface area contributed by atoms with Gasteiger partial charge in [0.15, 0.2) is 5.96 Å². The molecule has 7 heteroatoms. The van der Waals surface area contributed by atoms with E-state index < -0.39 is 0 Å². The highest BCUT2D eigenvalue weighted by Crippen LogP contribution is 2.17. The average Bonchev–Trinajstić information content (AvgIpc) is 2.84. The molecule has 4 nitrogen and oxygen atoms in total. The van der Waals surface area contributed by atoms with Gasteiger partial charge in [-0.25, -0.2) is 9.37 Å². The molecule has 132 valence electrons. The van der Waals surface area contributed by atoms with Crippen molar-refractivity contribution in [2.45, 2.75) is 33.7 Å². The first-order valence-corrected chi connectivity index (χ1v) is 8.43. The van der Waals surface area contributed by atoms with Crippen LogP contribution < -0.4 is 10.6 Å². The highest BCUT2D eigenvalue weighted by atomic mass is 127. The van der Waals surface area contributed by atoms with Crippen LogP contribution in [0.5, 0.6) is 0 Å². The Morgan fingerprint density at radius 3 is 2.58 bits per heavy atom. The first-order valence-electron chi connectivity index (χ1n) is 7.62. The second-order valence-corrected chi connectivity index (χ2v) is 6.72. The summed E-state index contributed by atoms with van der Waals surface area (Å²) in [4.78, 5) is 9.92. The summed E-state index contributed by atoms with van der Waals surface area (Å²) in [6.07, 6.45) is 0.914. The third kappa shape index (κ3) is 6.01. The summed E-state index contributed by atoms with van der Waals surface area (Å²) < 4.78 is 13.5. The highest BCUT2D eigenvalue weighted by Gasteiger charge is 2.05. The van der Waals surface area contributed by atoms with Crippen LogP contribution in [0.3, 0.4) is 0 Å². The SMILES string of the molecule is CN=C(NCCc1sc(C)nc1C)NCc1ccc(C)c(F)c1.I. The lowest BCUT2D eigenvalue weighted by molar-refractivity contribution is 0.615. The predicted molar refractivity (Wildman–Crippen MR) is 110 cm³/mol. The van der Waals surface area contributed by atoms with E-state index in [4.69, 9.17) is 0 Å². The zero-order chi connectivity index (χ0) is 16.8. The second-order valence-electron chi connectivity index (χ2n) is 5.43. The van der Waals surface area contributed by atoms with Crippen LogP contribution in [0.4, 0.5) is 4.39 Å². The third-order valence-corrected chi connectivity index (χ3v) is 4.70. The van der Waals surface area contributed by atoms with E-state index in [9.17, 15) is 4.39 Å². The van der Waals surface area contributed by atoms with Crippen molar-refractivity contribution in [3.63, 3.8) is 0 Å². The van der Waals surface area contributed by atoms with Crippen LogP contribution in [0.15, 0.2) is 23.2 Å². The molecule has 0 saturated heterocycles. The smallest absolute Gasteiger partial charge is 0.191 e. The van der Waals surface area contributed by atoms with E-state index in [1.54, 1.807) is 37.4 Å². The van der Waals surface area contributed by atoms with Gasteiger partial charge in [0, 0.05) is 31.4 Å². The number of hydrogen-bond acceptors (Lipinski definition) is 3. The molecule has 0 saturated carbocycles. The molecule has 0 atom stereocenters. The minimum atomic E-state index is -0.178. The summed E-state index contributed by atoms with van der Waals surface area (Å²) in [5.41, 5.74) is 2.66. The van der Waals surface area contributed by atoms with Crippen LogP contribution in [0.2, 0.25) is 0 Å². The fourth-order valence-corrected chi connectivity index (χ4v) is 3.19. The van der Waals surface area contributed by atoms with E-state index in [1.165, 1.54) is 4.88 Å². The van der Waals surface area contributed by atoms with Crippen molar-refractivity contribution in [3.05, 3.63) is 50.7 Å². The Morgan fingerprint density at radius 1 is 1.25 bits per heavy atom. The largest absolute Gasteiger partial charge is 0.356 e. The Morgan fingerprint density at radius 2 is 2.00 bits per heavy atom.